The molecular weight excluding hydrogens is 324 g/mol. The van der Waals surface area contributed by atoms with Gasteiger partial charge in [-0.25, -0.2) is 0 Å². The first-order valence-corrected chi connectivity index (χ1v) is 7.87. The molecule has 0 radical (unpaired) electrons. The van der Waals surface area contributed by atoms with Crippen LogP contribution in [0.25, 0.3) is 0 Å². The van der Waals surface area contributed by atoms with Crippen molar-refractivity contribution >= 4 is 17.5 Å². The maximum Gasteiger partial charge on any atom is 0.257 e. The van der Waals surface area contributed by atoms with Crippen molar-refractivity contribution in [2.24, 2.45) is 0 Å². The van der Waals surface area contributed by atoms with Crippen molar-refractivity contribution in [3.05, 3.63) is 42.2 Å². The van der Waals surface area contributed by atoms with Crippen molar-refractivity contribution in [3.8, 4) is 5.75 Å². The van der Waals surface area contributed by atoms with Crippen LogP contribution < -0.4 is 5.32 Å². The highest BCUT2D eigenvalue weighted by Crippen LogP contribution is 2.28. The quantitative estimate of drug-likeness (QED) is 0.563. The molecule has 0 atom stereocenters. The van der Waals surface area contributed by atoms with E-state index in [-0.39, 0.29) is 29.0 Å². The van der Waals surface area contributed by atoms with Crippen LogP contribution in [-0.2, 0) is 4.79 Å². The van der Waals surface area contributed by atoms with Crippen LogP contribution in [0.4, 0.5) is 5.69 Å². The molecule has 0 bridgehead atoms. The number of phenolic OH excluding ortho intramolecular Hbond substituents is 1. The van der Waals surface area contributed by atoms with Crippen molar-refractivity contribution in [1.82, 2.24) is 25.5 Å². The molecule has 0 unspecified atom stereocenters. The van der Waals surface area contributed by atoms with Gasteiger partial charge < -0.3 is 15.3 Å². The van der Waals surface area contributed by atoms with Crippen LogP contribution >= 0.6 is 0 Å². The number of rotatable bonds is 4. The van der Waals surface area contributed by atoms with Gasteiger partial charge in [0.05, 0.1) is 5.56 Å². The number of nitrogens with zero attached hydrogens (tertiary/aromatic N) is 4. The number of H-pyrrole nitrogens is 1. The lowest BCUT2D eigenvalue weighted by Crippen LogP contribution is -2.38. The van der Waals surface area contributed by atoms with Crippen LogP contribution in [0.15, 0.2) is 30.9 Å². The smallest absolute Gasteiger partial charge is 0.257 e. The molecule has 0 spiro atoms. The lowest BCUT2D eigenvalue weighted by atomic mass is 9.95. The fourth-order valence-electron chi connectivity index (χ4n) is 2.83. The molecule has 1 aliphatic rings. The summed E-state index contributed by atoms with van der Waals surface area (Å²) in [5.74, 6) is 0.0318. The molecule has 9 heteroatoms. The monoisotopic (exact) mass is 342 g/mol. The Morgan fingerprint density at radius 1 is 1.36 bits per heavy atom. The predicted octanol–water partition coefficient (Wildman–Crippen LogP) is 1.05. The maximum atomic E-state index is 12.7. The molecule has 130 valence electrons. The fraction of sp³-hybridized carbons (Fsp3) is 0.312. The first-order valence-electron chi connectivity index (χ1n) is 7.87. The second-order valence-corrected chi connectivity index (χ2v) is 5.76. The van der Waals surface area contributed by atoms with E-state index in [2.05, 4.69) is 32.5 Å². The molecule has 1 saturated heterocycles. The lowest BCUT2D eigenvalue weighted by Gasteiger charge is -2.30. The number of carbonyl (C=O) groups excluding carboxylic acids is 2. The van der Waals surface area contributed by atoms with Gasteiger partial charge in [0.2, 0.25) is 5.91 Å². The molecule has 2 aromatic rings. The molecule has 2 amide bonds. The number of aromatic amines is 1. The third kappa shape index (κ3) is 3.65. The van der Waals surface area contributed by atoms with Gasteiger partial charge >= 0.3 is 0 Å². The third-order valence-electron chi connectivity index (χ3n) is 4.19. The summed E-state index contributed by atoms with van der Waals surface area (Å²) >= 11 is 0. The number of carbonyl (C=O) groups is 2. The largest absolute Gasteiger partial charge is 0.507 e. The van der Waals surface area contributed by atoms with E-state index in [0.29, 0.717) is 24.6 Å². The van der Waals surface area contributed by atoms with Crippen LogP contribution in [0, 0.1) is 0 Å². The first-order chi connectivity index (χ1) is 12.1. The number of nitrogens with one attached hydrogen (secondary N) is 2. The number of hydrogen-bond donors (Lipinski definition) is 3. The number of aromatic hydroxyl groups is 1. The van der Waals surface area contributed by atoms with Gasteiger partial charge in [0.25, 0.3) is 5.91 Å². The van der Waals surface area contributed by atoms with Crippen LogP contribution in [0.3, 0.4) is 0 Å². The Morgan fingerprint density at radius 3 is 2.76 bits per heavy atom. The molecule has 0 aliphatic carbocycles. The summed E-state index contributed by atoms with van der Waals surface area (Å²) in [5.41, 5.74) is 0.576. The molecule has 3 N–H and O–H groups in total. The Hall–Kier alpha value is -3.23. The number of piperidine rings is 1. The Labute approximate surface area is 143 Å². The maximum absolute atomic E-state index is 12.7. The van der Waals surface area contributed by atoms with Gasteiger partial charge in [-0.15, -0.1) is 10.2 Å². The second-order valence-electron chi connectivity index (χ2n) is 5.76. The number of hydrogen-bond acceptors (Lipinski definition) is 6. The Morgan fingerprint density at radius 2 is 2.12 bits per heavy atom. The van der Waals surface area contributed by atoms with Gasteiger partial charge in [-0.2, -0.15) is 5.21 Å². The van der Waals surface area contributed by atoms with E-state index >= 15 is 0 Å². The number of aromatic nitrogens is 4. The van der Waals surface area contributed by atoms with Crippen LogP contribution in [0.5, 0.6) is 5.75 Å². The summed E-state index contributed by atoms with van der Waals surface area (Å²) in [5, 5.41) is 26.6. The van der Waals surface area contributed by atoms with Gasteiger partial charge in [0.15, 0.2) is 5.82 Å². The number of phenols is 1. The van der Waals surface area contributed by atoms with E-state index in [1.807, 2.05) is 0 Å². The van der Waals surface area contributed by atoms with E-state index < -0.39 is 0 Å². The molecular formula is C16H18N6O3. The highest BCUT2D eigenvalue weighted by atomic mass is 16.3. The summed E-state index contributed by atoms with van der Waals surface area (Å²) in [7, 11) is 0. The number of amides is 2. The minimum Gasteiger partial charge on any atom is -0.507 e. The molecule has 0 saturated carbocycles. The lowest BCUT2D eigenvalue weighted by molar-refractivity contribution is -0.111. The summed E-state index contributed by atoms with van der Waals surface area (Å²) in [4.78, 5) is 25.8. The predicted molar refractivity (Wildman–Crippen MR) is 89.0 cm³/mol. The van der Waals surface area contributed by atoms with Crippen molar-refractivity contribution < 1.29 is 14.7 Å². The van der Waals surface area contributed by atoms with Gasteiger partial charge in [-0.1, -0.05) is 11.8 Å². The zero-order chi connectivity index (χ0) is 17.8. The Balaban J connectivity index is 1.70. The normalized spacial score (nSPS) is 15.0. The van der Waals surface area contributed by atoms with Crippen LogP contribution in [-0.4, -0.2) is 55.5 Å². The van der Waals surface area contributed by atoms with Crippen LogP contribution in [0.2, 0.25) is 0 Å². The van der Waals surface area contributed by atoms with Crippen molar-refractivity contribution in [3.63, 3.8) is 0 Å². The topological polar surface area (TPSA) is 124 Å². The molecule has 1 aromatic heterocycles. The SMILES string of the molecule is C=CC(=O)Nc1ccc(O)c(C(=O)N2CCC(c3nn[nH]n3)CC2)c1. The standard InChI is InChI=1S/C16H18N6O3/c1-2-14(24)17-11-3-4-13(23)12(9-11)16(25)22-7-5-10(6-8-22)15-18-20-21-19-15/h2-4,9-10,23H,1,5-8H2,(H,17,24)(H,18,19,20,21). The zero-order valence-corrected chi connectivity index (χ0v) is 13.5. The van der Waals surface area contributed by atoms with E-state index in [4.69, 9.17) is 0 Å². The summed E-state index contributed by atoms with van der Waals surface area (Å²) < 4.78 is 0. The first kappa shape index (κ1) is 16.6. The van der Waals surface area contributed by atoms with Crippen LogP contribution in [0.1, 0.15) is 34.9 Å². The molecule has 1 aliphatic heterocycles. The number of likely N-dealkylation sites (tertiary alicyclic amines) is 1. The molecule has 1 fully saturated rings. The highest BCUT2D eigenvalue weighted by Gasteiger charge is 2.28. The van der Waals surface area contributed by atoms with Crippen molar-refractivity contribution in [1.29, 1.82) is 0 Å². The molecule has 3 rings (SSSR count). The van der Waals surface area contributed by atoms with Gasteiger partial charge in [-0.05, 0) is 37.1 Å². The minimum absolute atomic E-state index is 0.123. The van der Waals surface area contributed by atoms with E-state index in [0.717, 1.165) is 18.9 Å². The fourth-order valence-corrected chi connectivity index (χ4v) is 2.83. The second kappa shape index (κ2) is 7.12. The molecule has 9 nitrogen and oxygen atoms in total. The van der Waals surface area contributed by atoms with Gasteiger partial charge in [-0.3, -0.25) is 9.59 Å². The van der Waals surface area contributed by atoms with Gasteiger partial charge in [0, 0.05) is 24.7 Å². The number of anilines is 1. The van der Waals surface area contributed by atoms with E-state index in [1.165, 1.54) is 18.2 Å². The van der Waals surface area contributed by atoms with Gasteiger partial charge in [0.1, 0.15) is 5.75 Å². The summed E-state index contributed by atoms with van der Waals surface area (Å²) in [6.45, 7) is 4.44. The van der Waals surface area contributed by atoms with E-state index in [9.17, 15) is 14.7 Å². The Kier molecular flexibility index (Phi) is 4.73. The highest BCUT2D eigenvalue weighted by molar-refractivity contribution is 6.02. The average molecular weight is 342 g/mol. The molecule has 25 heavy (non-hydrogen) atoms. The zero-order valence-electron chi connectivity index (χ0n) is 13.5. The van der Waals surface area contributed by atoms with E-state index in [1.54, 1.807) is 4.90 Å². The minimum atomic E-state index is -0.384. The third-order valence-corrected chi connectivity index (χ3v) is 4.19. The summed E-state index contributed by atoms with van der Waals surface area (Å²) in [6.07, 6.45) is 2.58. The number of tetrazole rings is 1. The molecule has 1 aromatic carbocycles. The average Bonchev–Trinajstić information content (AvgIpc) is 3.17. The number of benzene rings is 1. The summed E-state index contributed by atoms with van der Waals surface area (Å²) in [6, 6.07) is 4.37. The van der Waals surface area contributed by atoms with Crippen molar-refractivity contribution in [2.45, 2.75) is 18.8 Å². The Bertz CT molecular complexity index is 781. The van der Waals surface area contributed by atoms with Crippen molar-refractivity contribution in [2.75, 3.05) is 18.4 Å². The molecule has 2 heterocycles.